The second kappa shape index (κ2) is 6.26. The summed E-state index contributed by atoms with van der Waals surface area (Å²) < 4.78 is 12.0. The summed E-state index contributed by atoms with van der Waals surface area (Å²) >= 11 is 3.50. The van der Waals surface area contributed by atoms with Gasteiger partial charge in [-0.1, -0.05) is 0 Å². The van der Waals surface area contributed by atoms with E-state index < -0.39 is 11.4 Å². The standard InChI is InChI=1S/C16H21BrO4/c1-16(2,15(18)19)8-11-6-12(17)14(13(7-11)20-3)21-9-10-4-5-10/h6-7,10H,4-5,8-9H2,1-3H3,(H,18,19). The summed E-state index contributed by atoms with van der Waals surface area (Å²) in [6.07, 6.45) is 2.88. The minimum Gasteiger partial charge on any atom is -0.493 e. The molecule has 1 aromatic rings. The summed E-state index contributed by atoms with van der Waals surface area (Å²) in [5.41, 5.74) is 0.0887. The van der Waals surface area contributed by atoms with E-state index in [0.29, 0.717) is 30.4 Å². The molecule has 1 saturated carbocycles. The van der Waals surface area contributed by atoms with Crippen molar-refractivity contribution < 1.29 is 19.4 Å². The molecule has 0 aliphatic heterocycles. The Labute approximate surface area is 133 Å². The predicted octanol–water partition coefficient (Wildman–Crippen LogP) is 3.90. The van der Waals surface area contributed by atoms with Crippen molar-refractivity contribution in [1.82, 2.24) is 0 Å². The number of rotatable bonds is 7. The van der Waals surface area contributed by atoms with Crippen LogP contribution in [0.25, 0.3) is 0 Å². The van der Waals surface area contributed by atoms with Crippen LogP contribution in [-0.2, 0) is 11.2 Å². The molecule has 1 aliphatic carbocycles. The third-order valence-corrected chi connectivity index (χ3v) is 4.26. The molecule has 1 N–H and O–H groups in total. The molecule has 0 amide bonds. The topological polar surface area (TPSA) is 55.8 Å². The van der Waals surface area contributed by atoms with Gasteiger partial charge < -0.3 is 14.6 Å². The van der Waals surface area contributed by atoms with Crippen molar-refractivity contribution in [3.8, 4) is 11.5 Å². The fourth-order valence-electron chi connectivity index (χ4n) is 2.09. The molecule has 21 heavy (non-hydrogen) atoms. The molecule has 0 bridgehead atoms. The summed E-state index contributed by atoms with van der Waals surface area (Å²) in [5.74, 6) is 1.18. The average Bonchev–Trinajstić information content (AvgIpc) is 3.20. The molecule has 1 aromatic carbocycles. The quantitative estimate of drug-likeness (QED) is 0.804. The van der Waals surface area contributed by atoms with E-state index in [4.69, 9.17) is 9.47 Å². The Balaban J connectivity index is 2.20. The monoisotopic (exact) mass is 356 g/mol. The van der Waals surface area contributed by atoms with Crippen LogP contribution < -0.4 is 9.47 Å². The van der Waals surface area contributed by atoms with Crippen LogP contribution in [0.5, 0.6) is 11.5 Å². The summed E-state index contributed by atoms with van der Waals surface area (Å²) in [7, 11) is 1.60. The zero-order valence-corrected chi connectivity index (χ0v) is 14.2. The van der Waals surface area contributed by atoms with Gasteiger partial charge in [0.25, 0.3) is 0 Å². The maximum atomic E-state index is 11.2. The molecule has 1 aliphatic rings. The van der Waals surface area contributed by atoms with Gasteiger partial charge in [-0.2, -0.15) is 0 Å². The van der Waals surface area contributed by atoms with Gasteiger partial charge in [-0.3, -0.25) is 4.79 Å². The van der Waals surface area contributed by atoms with Gasteiger partial charge in [0, 0.05) is 0 Å². The highest BCUT2D eigenvalue weighted by molar-refractivity contribution is 9.10. The van der Waals surface area contributed by atoms with Gasteiger partial charge in [0.15, 0.2) is 11.5 Å². The lowest BCUT2D eigenvalue weighted by atomic mass is 9.86. The molecule has 1 fully saturated rings. The molecule has 2 rings (SSSR count). The van der Waals surface area contributed by atoms with Crippen molar-refractivity contribution >= 4 is 21.9 Å². The molecule has 4 nitrogen and oxygen atoms in total. The molecule has 0 aromatic heterocycles. The summed E-state index contributed by atoms with van der Waals surface area (Å²) in [5, 5.41) is 9.24. The lowest BCUT2D eigenvalue weighted by Gasteiger charge is -2.20. The van der Waals surface area contributed by atoms with Gasteiger partial charge in [0.1, 0.15) is 0 Å². The Morgan fingerprint density at radius 3 is 2.62 bits per heavy atom. The summed E-state index contributed by atoms with van der Waals surface area (Å²) in [6.45, 7) is 4.13. The fourth-order valence-corrected chi connectivity index (χ4v) is 2.69. The molecule has 0 atom stereocenters. The number of ether oxygens (including phenoxy) is 2. The number of carboxylic acid groups (broad SMARTS) is 1. The highest BCUT2D eigenvalue weighted by Gasteiger charge is 2.28. The first kappa shape index (κ1) is 16.1. The summed E-state index contributed by atoms with van der Waals surface area (Å²) in [4.78, 5) is 11.2. The van der Waals surface area contributed by atoms with Crippen LogP contribution in [0.1, 0.15) is 32.3 Å². The number of hydrogen-bond acceptors (Lipinski definition) is 3. The molecule has 5 heteroatoms. The zero-order valence-electron chi connectivity index (χ0n) is 12.6. The number of hydrogen-bond donors (Lipinski definition) is 1. The van der Waals surface area contributed by atoms with Crippen LogP contribution in [0.2, 0.25) is 0 Å². The second-order valence-electron chi connectivity index (χ2n) is 6.23. The summed E-state index contributed by atoms with van der Waals surface area (Å²) in [6, 6.07) is 3.77. The van der Waals surface area contributed by atoms with Crippen LogP contribution in [0.15, 0.2) is 16.6 Å². The van der Waals surface area contributed by atoms with Crippen molar-refractivity contribution in [3.63, 3.8) is 0 Å². The Kier molecular flexibility index (Phi) is 4.81. The van der Waals surface area contributed by atoms with Crippen molar-refractivity contribution in [1.29, 1.82) is 0 Å². The van der Waals surface area contributed by atoms with Crippen molar-refractivity contribution in [3.05, 3.63) is 22.2 Å². The number of methoxy groups -OCH3 is 1. The fraction of sp³-hybridized carbons (Fsp3) is 0.562. The molecule has 0 saturated heterocycles. The molecular weight excluding hydrogens is 336 g/mol. The molecular formula is C16H21BrO4. The number of carboxylic acids is 1. The van der Waals surface area contributed by atoms with Crippen LogP contribution in [-0.4, -0.2) is 24.8 Å². The Morgan fingerprint density at radius 2 is 2.10 bits per heavy atom. The van der Waals surface area contributed by atoms with Gasteiger partial charge in [-0.15, -0.1) is 0 Å². The van der Waals surface area contributed by atoms with Crippen molar-refractivity contribution in [2.45, 2.75) is 33.1 Å². The first-order valence-corrected chi connectivity index (χ1v) is 7.85. The largest absolute Gasteiger partial charge is 0.493 e. The van der Waals surface area contributed by atoms with E-state index >= 15 is 0 Å². The SMILES string of the molecule is COc1cc(CC(C)(C)C(=O)O)cc(Br)c1OCC1CC1. The van der Waals surface area contributed by atoms with E-state index in [0.717, 1.165) is 10.0 Å². The third kappa shape index (κ3) is 4.13. The van der Waals surface area contributed by atoms with Gasteiger partial charge >= 0.3 is 5.97 Å². The van der Waals surface area contributed by atoms with E-state index in [-0.39, 0.29) is 0 Å². The predicted molar refractivity (Wildman–Crippen MR) is 84.0 cm³/mol. The Hall–Kier alpha value is -1.23. The number of carbonyl (C=O) groups is 1. The maximum Gasteiger partial charge on any atom is 0.309 e. The maximum absolute atomic E-state index is 11.2. The normalized spacial score (nSPS) is 14.9. The van der Waals surface area contributed by atoms with E-state index in [1.807, 2.05) is 12.1 Å². The number of halogens is 1. The van der Waals surface area contributed by atoms with Crippen LogP contribution in [0, 0.1) is 11.3 Å². The van der Waals surface area contributed by atoms with Crippen molar-refractivity contribution in [2.75, 3.05) is 13.7 Å². The van der Waals surface area contributed by atoms with Crippen LogP contribution in [0.3, 0.4) is 0 Å². The Morgan fingerprint density at radius 1 is 1.43 bits per heavy atom. The minimum atomic E-state index is -0.819. The van der Waals surface area contributed by atoms with E-state index in [2.05, 4.69) is 15.9 Å². The molecule has 0 radical (unpaired) electrons. The average molecular weight is 357 g/mol. The van der Waals surface area contributed by atoms with E-state index in [1.54, 1.807) is 21.0 Å². The van der Waals surface area contributed by atoms with E-state index in [1.165, 1.54) is 12.8 Å². The molecule has 116 valence electrons. The molecule has 0 spiro atoms. The lowest BCUT2D eigenvalue weighted by molar-refractivity contribution is -0.146. The van der Waals surface area contributed by atoms with Gasteiger partial charge in [0.05, 0.1) is 23.6 Å². The first-order chi connectivity index (χ1) is 9.83. The van der Waals surface area contributed by atoms with Gasteiger partial charge in [-0.25, -0.2) is 0 Å². The Bertz CT molecular complexity index is 535. The second-order valence-corrected chi connectivity index (χ2v) is 7.08. The minimum absolute atomic E-state index is 0.431. The van der Waals surface area contributed by atoms with Crippen molar-refractivity contribution in [2.24, 2.45) is 11.3 Å². The smallest absolute Gasteiger partial charge is 0.309 e. The zero-order chi connectivity index (χ0) is 15.6. The van der Waals surface area contributed by atoms with Crippen LogP contribution in [0.4, 0.5) is 0 Å². The lowest BCUT2D eigenvalue weighted by Crippen LogP contribution is -2.26. The van der Waals surface area contributed by atoms with E-state index in [9.17, 15) is 9.90 Å². The highest BCUT2D eigenvalue weighted by Crippen LogP contribution is 2.40. The molecule has 0 heterocycles. The highest BCUT2D eigenvalue weighted by atomic mass is 79.9. The van der Waals surface area contributed by atoms with Gasteiger partial charge in [-0.05, 0) is 72.7 Å². The number of benzene rings is 1. The van der Waals surface area contributed by atoms with Gasteiger partial charge in [0.2, 0.25) is 0 Å². The first-order valence-electron chi connectivity index (χ1n) is 7.06. The number of aliphatic carboxylic acids is 1. The third-order valence-electron chi connectivity index (χ3n) is 3.67. The van der Waals surface area contributed by atoms with Crippen LogP contribution >= 0.6 is 15.9 Å². The molecule has 0 unspecified atom stereocenters.